The fourth-order valence-corrected chi connectivity index (χ4v) is 3.06. The Morgan fingerprint density at radius 3 is 2.82 bits per heavy atom. The van der Waals surface area contributed by atoms with E-state index in [-0.39, 0.29) is 10.6 Å². The van der Waals surface area contributed by atoms with Crippen LogP contribution >= 0.6 is 0 Å². The molecule has 116 valence electrons. The van der Waals surface area contributed by atoms with Crippen molar-refractivity contribution in [2.75, 3.05) is 18.0 Å². The van der Waals surface area contributed by atoms with E-state index in [1.54, 1.807) is 13.0 Å². The molecule has 0 bridgehead atoms. The Balaban J connectivity index is 1.82. The minimum atomic E-state index is -0.389. The fourth-order valence-electron chi connectivity index (χ4n) is 3.06. The smallest absolute Gasteiger partial charge is 0.290 e. The fraction of sp³-hybridized carbons (Fsp3) is 0.467. The van der Waals surface area contributed by atoms with Crippen molar-refractivity contribution in [3.8, 4) is 0 Å². The van der Waals surface area contributed by atoms with Gasteiger partial charge < -0.3 is 9.47 Å². The second kappa shape index (κ2) is 5.75. The summed E-state index contributed by atoms with van der Waals surface area (Å²) in [5.41, 5.74) is 0.721. The highest BCUT2D eigenvalue weighted by Gasteiger charge is 2.24. The summed E-state index contributed by atoms with van der Waals surface area (Å²) < 4.78 is 2.20. The minimum Gasteiger partial charge on any atom is -0.355 e. The molecule has 3 rings (SSSR count). The molecule has 7 heteroatoms. The Bertz CT molecular complexity index is 697. The van der Waals surface area contributed by atoms with Crippen molar-refractivity contribution in [1.29, 1.82) is 0 Å². The van der Waals surface area contributed by atoms with Gasteiger partial charge >= 0.3 is 0 Å². The van der Waals surface area contributed by atoms with Crippen molar-refractivity contribution in [2.24, 2.45) is 0 Å². The van der Waals surface area contributed by atoms with Gasteiger partial charge in [-0.2, -0.15) is 0 Å². The Hall–Kier alpha value is -2.44. The summed E-state index contributed by atoms with van der Waals surface area (Å²) in [4.78, 5) is 21.3. The van der Waals surface area contributed by atoms with Gasteiger partial charge in [0.1, 0.15) is 17.8 Å². The Kier molecular flexibility index (Phi) is 3.79. The van der Waals surface area contributed by atoms with Gasteiger partial charge in [0, 0.05) is 31.0 Å². The van der Waals surface area contributed by atoms with E-state index in [0.717, 1.165) is 37.6 Å². The highest BCUT2D eigenvalue weighted by atomic mass is 16.6. The number of hydrogen-bond donors (Lipinski definition) is 0. The average Bonchev–Trinajstić information content (AvgIpc) is 2.93. The summed E-state index contributed by atoms with van der Waals surface area (Å²) in [6.45, 7) is 5.54. The van der Waals surface area contributed by atoms with E-state index < -0.39 is 0 Å². The van der Waals surface area contributed by atoms with E-state index in [1.807, 2.05) is 19.3 Å². The summed E-state index contributed by atoms with van der Waals surface area (Å²) in [5.74, 6) is 1.82. The molecule has 0 N–H and O–H groups in total. The number of aromatic nitrogens is 3. The van der Waals surface area contributed by atoms with Crippen LogP contribution in [0.5, 0.6) is 0 Å². The summed E-state index contributed by atoms with van der Waals surface area (Å²) in [6.07, 6.45) is 7.37. The maximum atomic E-state index is 10.9. The SMILES string of the molecule is Cc1cc(N2CCCC(n3ccnc3C)C2)ncc1[N+](=O)[O-]. The third kappa shape index (κ3) is 2.66. The van der Waals surface area contributed by atoms with Crippen molar-refractivity contribution in [1.82, 2.24) is 14.5 Å². The highest BCUT2D eigenvalue weighted by molar-refractivity contribution is 5.49. The van der Waals surface area contributed by atoms with Crippen LogP contribution in [0, 0.1) is 24.0 Å². The van der Waals surface area contributed by atoms with Gasteiger partial charge in [0.2, 0.25) is 0 Å². The average molecular weight is 301 g/mol. The first-order valence-corrected chi connectivity index (χ1v) is 7.41. The zero-order chi connectivity index (χ0) is 15.7. The molecule has 0 saturated carbocycles. The third-order valence-corrected chi connectivity index (χ3v) is 4.24. The minimum absolute atomic E-state index is 0.0720. The predicted molar refractivity (Wildman–Crippen MR) is 83.1 cm³/mol. The lowest BCUT2D eigenvalue weighted by Crippen LogP contribution is -2.37. The van der Waals surface area contributed by atoms with Gasteiger partial charge in [0.25, 0.3) is 5.69 Å². The number of piperidine rings is 1. The third-order valence-electron chi connectivity index (χ3n) is 4.24. The molecule has 0 spiro atoms. The van der Waals surface area contributed by atoms with Crippen LogP contribution in [0.25, 0.3) is 0 Å². The molecule has 0 aromatic carbocycles. The standard InChI is InChI=1S/C15H19N5O2/c1-11-8-15(17-9-14(11)20(21)22)18-6-3-4-13(10-18)19-7-5-16-12(19)2/h5,7-9,13H,3-4,6,10H2,1-2H3. The zero-order valence-corrected chi connectivity index (χ0v) is 12.8. The number of hydrogen-bond acceptors (Lipinski definition) is 5. The molecule has 1 atom stereocenters. The first kappa shape index (κ1) is 14.5. The van der Waals surface area contributed by atoms with E-state index >= 15 is 0 Å². The Labute approximate surface area is 128 Å². The van der Waals surface area contributed by atoms with Gasteiger partial charge in [-0.3, -0.25) is 10.1 Å². The summed E-state index contributed by atoms with van der Waals surface area (Å²) >= 11 is 0. The monoisotopic (exact) mass is 301 g/mol. The van der Waals surface area contributed by atoms with Crippen molar-refractivity contribution >= 4 is 11.5 Å². The lowest BCUT2D eigenvalue weighted by Gasteiger charge is -2.34. The summed E-state index contributed by atoms with van der Waals surface area (Å²) in [6, 6.07) is 2.18. The molecule has 3 heterocycles. The van der Waals surface area contributed by atoms with E-state index in [2.05, 4.69) is 19.4 Å². The second-order valence-corrected chi connectivity index (χ2v) is 5.71. The molecule has 1 saturated heterocycles. The van der Waals surface area contributed by atoms with Crippen LogP contribution < -0.4 is 4.90 Å². The van der Waals surface area contributed by atoms with Gasteiger partial charge in [-0.25, -0.2) is 9.97 Å². The molecule has 1 unspecified atom stereocenters. The maximum absolute atomic E-state index is 10.9. The van der Waals surface area contributed by atoms with Crippen molar-refractivity contribution < 1.29 is 4.92 Å². The van der Waals surface area contributed by atoms with Gasteiger partial charge in [0.05, 0.1) is 11.0 Å². The Morgan fingerprint density at radius 1 is 1.36 bits per heavy atom. The van der Waals surface area contributed by atoms with E-state index in [9.17, 15) is 10.1 Å². The van der Waals surface area contributed by atoms with Crippen molar-refractivity contribution in [3.05, 3.63) is 46.2 Å². The largest absolute Gasteiger partial charge is 0.355 e. The number of nitrogens with zero attached hydrogens (tertiary/aromatic N) is 5. The van der Waals surface area contributed by atoms with Crippen molar-refractivity contribution in [3.63, 3.8) is 0 Å². The zero-order valence-electron chi connectivity index (χ0n) is 12.8. The van der Waals surface area contributed by atoms with Crippen LogP contribution in [0.1, 0.15) is 30.3 Å². The molecular formula is C15H19N5O2. The first-order chi connectivity index (χ1) is 10.6. The number of aryl methyl sites for hydroxylation is 2. The molecule has 0 amide bonds. The van der Waals surface area contributed by atoms with Gasteiger partial charge in [-0.1, -0.05) is 0 Å². The van der Waals surface area contributed by atoms with Gasteiger partial charge in [0.15, 0.2) is 0 Å². The molecule has 1 aliphatic rings. The van der Waals surface area contributed by atoms with Gasteiger partial charge in [-0.15, -0.1) is 0 Å². The van der Waals surface area contributed by atoms with Crippen molar-refractivity contribution in [2.45, 2.75) is 32.7 Å². The normalized spacial score (nSPS) is 18.5. The maximum Gasteiger partial charge on any atom is 0.290 e. The van der Waals surface area contributed by atoms with Crippen LogP contribution in [0.15, 0.2) is 24.7 Å². The molecule has 0 aliphatic carbocycles. The first-order valence-electron chi connectivity index (χ1n) is 7.41. The lowest BCUT2D eigenvalue weighted by molar-refractivity contribution is -0.385. The number of nitro groups is 1. The molecule has 1 aliphatic heterocycles. The topological polar surface area (TPSA) is 77.1 Å². The molecule has 0 radical (unpaired) electrons. The van der Waals surface area contributed by atoms with E-state index in [4.69, 9.17) is 0 Å². The number of imidazole rings is 1. The highest BCUT2D eigenvalue weighted by Crippen LogP contribution is 2.28. The molecule has 7 nitrogen and oxygen atoms in total. The number of anilines is 1. The van der Waals surface area contributed by atoms with E-state index in [1.165, 1.54) is 6.20 Å². The summed E-state index contributed by atoms with van der Waals surface area (Å²) in [5, 5.41) is 10.9. The molecular weight excluding hydrogens is 282 g/mol. The van der Waals surface area contributed by atoms with Crippen LogP contribution in [0.4, 0.5) is 11.5 Å². The molecule has 22 heavy (non-hydrogen) atoms. The van der Waals surface area contributed by atoms with Crippen LogP contribution in [0.2, 0.25) is 0 Å². The Morgan fingerprint density at radius 2 is 2.18 bits per heavy atom. The molecule has 2 aromatic heterocycles. The second-order valence-electron chi connectivity index (χ2n) is 5.71. The number of pyridine rings is 1. The summed E-state index contributed by atoms with van der Waals surface area (Å²) in [7, 11) is 0. The molecule has 1 fully saturated rings. The quantitative estimate of drug-likeness (QED) is 0.643. The predicted octanol–water partition coefficient (Wildman–Crippen LogP) is 2.64. The van der Waals surface area contributed by atoms with Crippen LogP contribution in [-0.2, 0) is 0 Å². The lowest BCUT2D eigenvalue weighted by atomic mass is 10.1. The van der Waals surface area contributed by atoms with Gasteiger partial charge in [-0.05, 0) is 32.8 Å². The van der Waals surface area contributed by atoms with E-state index in [0.29, 0.717) is 11.6 Å². The van der Waals surface area contributed by atoms with Crippen LogP contribution in [0.3, 0.4) is 0 Å². The molecule has 2 aromatic rings. The number of rotatable bonds is 3. The van der Waals surface area contributed by atoms with Crippen LogP contribution in [-0.4, -0.2) is 32.5 Å².